The molecule has 1 aromatic rings. The van der Waals surface area contributed by atoms with Gasteiger partial charge in [-0.05, 0) is 25.0 Å². The Morgan fingerprint density at radius 3 is 2.81 bits per heavy atom. The molecule has 2 saturated heterocycles. The topological polar surface area (TPSA) is 81.7 Å². The van der Waals surface area contributed by atoms with Crippen LogP contribution in [-0.2, 0) is 20.8 Å². The molecule has 4 atom stereocenters. The number of aromatic nitrogens is 1. The van der Waals surface area contributed by atoms with E-state index >= 15 is 0 Å². The fourth-order valence-electron chi connectivity index (χ4n) is 4.06. The van der Waals surface area contributed by atoms with Crippen molar-refractivity contribution in [2.45, 2.75) is 69.0 Å². The molecule has 1 aromatic heterocycles. The lowest BCUT2D eigenvalue weighted by molar-refractivity contribution is 0.00252. The van der Waals surface area contributed by atoms with Gasteiger partial charge in [-0.25, -0.2) is 4.79 Å². The highest BCUT2D eigenvalue weighted by atomic mass is 16.6. The van der Waals surface area contributed by atoms with E-state index in [0.29, 0.717) is 19.8 Å². The summed E-state index contributed by atoms with van der Waals surface area (Å²) in [5.41, 5.74) is 0.980. The Bertz CT molecular complexity index is 594. The van der Waals surface area contributed by atoms with Crippen molar-refractivity contribution in [1.82, 2.24) is 15.6 Å². The first-order valence-corrected chi connectivity index (χ1v) is 9.63. The van der Waals surface area contributed by atoms with Crippen molar-refractivity contribution in [2.75, 3.05) is 13.2 Å². The Kier molecular flexibility index (Phi) is 5.67. The Hall–Kier alpha value is -1.70. The highest BCUT2D eigenvalue weighted by Crippen LogP contribution is 2.29. The van der Waals surface area contributed by atoms with Crippen LogP contribution in [0.4, 0.5) is 4.79 Å². The van der Waals surface area contributed by atoms with E-state index in [1.54, 1.807) is 6.20 Å². The number of ether oxygens (including phenoxy) is 3. The van der Waals surface area contributed by atoms with Crippen LogP contribution in [0.3, 0.4) is 0 Å². The maximum atomic E-state index is 12.2. The average molecular weight is 361 g/mol. The maximum absolute atomic E-state index is 12.2. The lowest BCUT2D eigenvalue weighted by atomic mass is 9.96. The first-order valence-electron chi connectivity index (χ1n) is 9.63. The molecule has 1 amide bonds. The van der Waals surface area contributed by atoms with Gasteiger partial charge in [0.05, 0.1) is 24.9 Å². The van der Waals surface area contributed by atoms with Gasteiger partial charge in [-0.3, -0.25) is 4.98 Å². The smallest absolute Gasteiger partial charge is 0.407 e. The summed E-state index contributed by atoms with van der Waals surface area (Å²) in [4.78, 5) is 16.5. The van der Waals surface area contributed by atoms with Crippen LogP contribution in [0.25, 0.3) is 0 Å². The van der Waals surface area contributed by atoms with E-state index in [1.165, 1.54) is 19.3 Å². The summed E-state index contributed by atoms with van der Waals surface area (Å²) in [6, 6.07) is 6.18. The molecular formula is C19H27N3O4. The van der Waals surface area contributed by atoms with Crippen LogP contribution in [0.15, 0.2) is 24.4 Å². The van der Waals surface area contributed by atoms with Gasteiger partial charge in [-0.15, -0.1) is 0 Å². The average Bonchev–Trinajstić information content (AvgIpc) is 3.25. The zero-order valence-corrected chi connectivity index (χ0v) is 14.9. The summed E-state index contributed by atoms with van der Waals surface area (Å²) in [6.45, 7) is 1.59. The number of nitrogens with one attached hydrogen (secondary N) is 2. The quantitative estimate of drug-likeness (QED) is 0.832. The molecule has 7 heteroatoms. The molecule has 3 fully saturated rings. The number of alkyl carbamates (subject to hydrolysis) is 1. The molecule has 0 bridgehead atoms. The van der Waals surface area contributed by atoms with E-state index in [-0.39, 0.29) is 36.5 Å². The molecule has 7 nitrogen and oxygen atoms in total. The molecule has 0 aromatic carbocycles. The van der Waals surface area contributed by atoms with Crippen LogP contribution < -0.4 is 10.6 Å². The lowest BCUT2D eigenvalue weighted by Crippen LogP contribution is -2.43. The number of hydrogen-bond acceptors (Lipinski definition) is 6. The number of rotatable bonds is 5. The molecule has 0 radical (unpaired) electrons. The molecule has 1 saturated carbocycles. The van der Waals surface area contributed by atoms with Gasteiger partial charge in [-0.1, -0.05) is 25.3 Å². The fourth-order valence-corrected chi connectivity index (χ4v) is 4.06. The van der Waals surface area contributed by atoms with Gasteiger partial charge in [0.2, 0.25) is 0 Å². The second kappa shape index (κ2) is 8.33. The van der Waals surface area contributed by atoms with Crippen molar-refractivity contribution >= 4 is 6.09 Å². The van der Waals surface area contributed by atoms with Crippen LogP contribution in [0, 0.1) is 0 Å². The highest BCUT2D eigenvalue weighted by molar-refractivity contribution is 5.68. The summed E-state index contributed by atoms with van der Waals surface area (Å²) in [7, 11) is 0. The van der Waals surface area contributed by atoms with Crippen LogP contribution in [0.5, 0.6) is 0 Å². The first kappa shape index (κ1) is 17.7. The van der Waals surface area contributed by atoms with Crippen LogP contribution >= 0.6 is 0 Å². The monoisotopic (exact) mass is 361 g/mol. The number of nitrogens with zero attached hydrogens (tertiary/aromatic N) is 1. The van der Waals surface area contributed by atoms with E-state index in [2.05, 4.69) is 15.6 Å². The van der Waals surface area contributed by atoms with E-state index in [9.17, 15) is 4.79 Å². The Balaban J connectivity index is 1.24. The molecule has 142 valence electrons. The van der Waals surface area contributed by atoms with Gasteiger partial charge in [-0.2, -0.15) is 0 Å². The number of hydrogen-bond donors (Lipinski definition) is 2. The predicted molar refractivity (Wildman–Crippen MR) is 94.6 cm³/mol. The third-order valence-electron chi connectivity index (χ3n) is 5.47. The zero-order valence-electron chi connectivity index (χ0n) is 14.9. The summed E-state index contributed by atoms with van der Waals surface area (Å²) in [5.74, 6) is 0. The largest absolute Gasteiger partial charge is 0.441 e. The van der Waals surface area contributed by atoms with Crippen molar-refractivity contribution in [1.29, 1.82) is 0 Å². The summed E-state index contributed by atoms with van der Waals surface area (Å²) < 4.78 is 17.3. The normalized spacial score (nSPS) is 31.5. The second-order valence-electron chi connectivity index (χ2n) is 7.33. The summed E-state index contributed by atoms with van der Waals surface area (Å²) >= 11 is 0. The molecule has 3 heterocycles. The summed E-state index contributed by atoms with van der Waals surface area (Å²) in [5, 5.41) is 6.43. The van der Waals surface area contributed by atoms with E-state index in [0.717, 1.165) is 18.5 Å². The maximum Gasteiger partial charge on any atom is 0.407 e. The van der Waals surface area contributed by atoms with Crippen LogP contribution in [0.1, 0.15) is 37.8 Å². The molecule has 2 aliphatic heterocycles. The van der Waals surface area contributed by atoms with Gasteiger partial charge in [0, 0.05) is 18.8 Å². The van der Waals surface area contributed by atoms with Crippen molar-refractivity contribution < 1.29 is 19.0 Å². The van der Waals surface area contributed by atoms with Gasteiger partial charge in [0.25, 0.3) is 0 Å². The standard InChI is InChI=1S/C19H27N3O4/c23-19(22-13-6-2-1-3-7-13)26-16-12-25-17-15(11-24-18(16)17)21-10-14-8-4-5-9-20-14/h4-5,8-9,13,15-18,21H,1-3,6-7,10-12H2,(H,22,23)/t15-,16-,17-,18+/m1/s1. The Morgan fingerprint density at radius 2 is 2.00 bits per heavy atom. The molecular weight excluding hydrogens is 334 g/mol. The third kappa shape index (κ3) is 4.16. The number of carbonyl (C=O) groups is 1. The molecule has 4 rings (SSSR count). The SMILES string of the molecule is O=C(NC1CCCCC1)O[C@@H]1CO[C@H]2[C@H]1OC[C@H]2NCc1ccccn1. The number of fused-ring (bicyclic) bond motifs is 1. The molecule has 26 heavy (non-hydrogen) atoms. The van der Waals surface area contributed by atoms with Crippen molar-refractivity contribution in [3.05, 3.63) is 30.1 Å². The minimum Gasteiger partial charge on any atom is -0.441 e. The fraction of sp³-hybridized carbons (Fsp3) is 0.684. The predicted octanol–water partition coefficient (Wildman–Crippen LogP) is 1.76. The van der Waals surface area contributed by atoms with Crippen molar-refractivity contribution in [3.8, 4) is 0 Å². The van der Waals surface area contributed by atoms with Crippen LogP contribution in [0.2, 0.25) is 0 Å². The molecule has 1 aliphatic carbocycles. The second-order valence-corrected chi connectivity index (χ2v) is 7.33. The number of amides is 1. The Labute approximate surface area is 153 Å². The lowest BCUT2D eigenvalue weighted by Gasteiger charge is -2.24. The first-order chi connectivity index (χ1) is 12.8. The molecule has 3 aliphatic rings. The van der Waals surface area contributed by atoms with E-state index in [4.69, 9.17) is 14.2 Å². The minimum absolute atomic E-state index is 0.0806. The summed E-state index contributed by atoms with van der Waals surface area (Å²) in [6.07, 6.45) is 6.49. The van der Waals surface area contributed by atoms with E-state index < -0.39 is 0 Å². The van der Waals surface area contributed by atoms with Gasteiger partial charge in [0.15, 0.2) is 6.10 Å². The third-order valence-corrected chi connectivity index (χ3v) is 5.47. The van der Waals surface area contributed by atoms with E-state index in [1.807, 2.05) is 18.2 Å². The molecule has 0 spiro atoms. The molecule has 0 unspecified atom stereocenters. The van der Waals surface area contributed by atoms with Gasteiger partial charge >= 0.3 is 6.09 Å². The molecule has 2 N–H and O–H groups in total. The van der Waals surface area contributed by atoms with Crippen molar-refractivity contribution in [3.63, 3.8) is 0 Å². The minimum atomic E-state index is -0.348. The van der Waals surface area contributed by atoms with Crippen LogP contribution in [-0.4, -0.2) is 54.7 Å². The Morgan fingerprint density at radius 1 is 1.15 bits per heavy atom. The van der Waals surface area contributed by atoms with Gasteiger partial charge < -0.3 is 24.8 Å². The number of carbonyl (C=O) groups excluding carboxylic acids is 1. The van der Waals surface area contributed by atoms with Gasteiger partial charge in [0.1, 0.15) is 12.2 Å². The highest BCUT2D eigenvalue weighted by Gasteiger charge is 2.49. The number of pyridine rings is 1. The van der Waals surface area contributed by atoms with Crippen molar-refractivity contribution in [2.24, 2.45) is 0 Å². The zero-order chi connectivity index (χ0) is 17.8.